The first-order chi connectivity index (χ1) is 20.8. The fourth-order valence-corrected chi connectivity index (χ4v) is 8.00. The summed E-state index contributed by atoms with van der Waals surface area (Å²) in [7, 11) is -2.69. The molecule has 4 nitrogen and oxygen atoms in total. The SMILES string of the molecule is C[Si](C)(C)c1ccc(-c2[c-]cccc2)nc1.Cc1ccc2c(n1)oc1c(-c3cc(CC(C)C)c([Si](C)(C)C)cn3)[c-]ccc12.[Ir]. The number of hydrogen-bond acceptors (Lipinski definition) is 4. The minimum Gasteiger partial charge on any atom is -0.486 e. The second kappa shape index (κ2) is 14.0. The molecule has 0 amide bonds. The van der Waals surface area contributed by atoms with Crippen LogP contribution in [0.25, 0.3) is 44.6 Å². The van der Waals surface area contributed by atoms with Crippen LogP contribution < -0.4 is 10.4 Å². The second-order valence-corrected chi connectivity index (χ2v) is 24.2. The summed E-state index contributed by atoms with van der Waals surface area (Å²) >= 11 is 0. The van der Waals surface area contributed by atoms with Gasteiger partial charge in [-0.15, -0.1) is 54.1 Å². The number of pyridine rings is 3. The average Bonchev–Trinajstić information content (AvgIpc) is 3.34. The quantitative estimate of drug-likeness (QED) is 0.125. The van der Waals surface area contributed by atoms with Crippen LogP contribution in [0.1, 0.15) is 25.1 Å². The number of hydrogen-bond donors (Lipinski definition) is 0. The molecular formula is C38H43IrN3OSi2-2. The molecule has 0 N–H and O–H groups in total. The predicted octanol–water partition coefficient (Wildman–Crippen LogP) is 8.99. The van der Waals surface area contributed by atoms with Crippen molar-refractivity contribution in [1.29, 1.82) is 0 Å². The Morgan fingerprint density at radius 3 is 2.16 bits per heavy atom. The summed E-state index contributed by atoms with van der Waals surface area (Å²) in [4.78, 5) is 13.9. The minimum atomic E-state index is -1.46. The van der Waals surface area contributed by atoms with Crippen LogP contribution in [0, 0.1) is 25.0 Å². The van der Waals surface area contributed by atoms with E-state index in [-0.39, 0.29) is 20.1 Å². The third-order valence-corrected chi connectivity index (χ3v) is 11.8. The summed E-state index contributed by atoms with van der Waals surface area (Å²) in [6.45, 7) is 20.7. The number of furan rings is 1. The Morgan fingerprint density at radius 1 is 0.778 bits per heavy atom. The Morgan fingerprint density at radius 2 is 1.53 bits per heavy atom. The van der Waals surface area contributed by atoms with Gasteiger partial charge in [0.25, 0.3) is 0 Å². The molecule has 1 radical (unpaired) electrons. The summed E-state index contributed by atoms with van der Waals surface area (Å²) in [5.41, 5.74) is 7.77. The molecule has 0 spiro atoms. The Balaban J connectivity index is 0.000000231. The maximum Gasteiger partial charge on any atom is 0.216 e. The smallest absolute Gasteiger partial charge is 0.216 e. The van der Waals surface area contributed by atoms with Crippen LogP contribution in [0.15, 0.2) is 83.5 Å². The van der Waals surface area contributed by atoms with Gasteiger partial charge in [-0.25, -0.2) is 4.98 Å². The van der Waals surface area contributed by atoms with Gasteiger partial charge in [-0.2, -0.15) is 0 Å². The van der Waals surface area contributed by atoms with E-state index in [1.807, 2.05) is 55.6 Å². The molecule has 235 valence electrons. The molecule has 4 heterocycles. The molecule has 0 saturated carbocycles. The van der Waals surface area contributed by atoms with E-state index in [0.29, 0.717) is 11.6 Å². The number of aromatic nitrogens is 3. The van der Waals surface area contributed by atoms with Crippen LogP contribution in [-0.2, 0) is 26.5 Å². The van der Waals surface area contributed by atoms with Gasteiger partial charge in [-0.3, -0.25) is 0 Å². The van der Waals surface area contributed by atoms with Crippen molar-refractivity contribution in [3.63, 3.8) is 0 Å². The molecule has 0 aliphatic rings. The summed E-state index contributed by atoms with van der Waals surface area (Å²) in [5.74, 6) is 0.600. The first-order valence-electron chi connectivity index (χ1n) is 15.4. The molecule has 45 heavy (non-hydrogen) atoms. The largest absolute Gasteiger partial charge is 0.486 e. The summed E-state index contributed by atoms with van der Waals surface area (Å²) in [5, 5.41) is 4.95. The third kappa shape index (κ3) is 8.14. The van der Waals surface area contributed by atoms with Crippen molar-refractivity contribution in [2.45, 2.75) is 66.5 Å². The van der Waals surface area contributed by atoms with E-state index in [9.17, 15) is 0 Å². The topological polar surface area (TPSA) is 51.8 Å². The first-order valence-corrected chi connectivity index (χ1v) is 22.4. The Hall–Kier alpha value is -3.23. The molecule has 2 aromatic carbocycles. The van der Waals surface area contributed by atoms with Gasteiger partial charge < -0.3 is 14.4 Å². The van der Waals surface area contributed by atoms with Crippen molar-refractivity contribution in [2.75, 3.05) is 0 Å². The zero-order chi connectivity index (χ0) is 31.6. The zero-order valence-electron chi connectivity index (χ0n) is 27.9. The molecule has 6 aromatic rings. The van der Waals surface area contributed by atoms with Crippen LogP contribution in [0.5, 0.6) is 0 Å². The predicted molar refractivity (Wildman–Crippen MR) is 191 cm³/mol. The molecule has 0 atom stereocenters. The zero-order valence-corrected chi connectivity index (χ0v) is 32.3. The molecule has 0 saturated heterocycles. The van der Waals surface area contributed by atoms with Crippen LogP contribution >= 0.6 is 0 Å². The van der Waals surface area contributed by atoms with Gasteiger partial charge in [-0.05, 0) is 53.2 Å². The van der Waals surface area contributed by atoms with Crippen LogP contribution in [-0.4, -0.2) is 31.1 Å². The monoisotopic (exact) mass is 806 g/mol. The van der Waals surface area contributed by atoms with Crippen molar-refractivity contribution in [2.24, 2.45) is 5.92 Å². The summed E-state index contributed by atoms with van der Waals surface area (Å²) in [6, 6.07) is 29.2. The van der Waals surface area contributed by atoms with Gasteiger partial charge in [0.1, 0.15) is 0 Å². The molecule has 6 rings (SSSR count). The van der Waals surface area contributed by atoms with E-state index in [1.54, 1.807) is 0 Å². The average molecular weight is 806 g/mol. The van der Waals surface area contributed by atoms with E-state index >= 15 is 0 Å². The fraction of sp³-hybridized carbons (Fsp3) is 0.289. The molecule has 4 aromatic heterocycles. The normalized spacial score (nSPS) is 11.8. The maximum atomic E-state index is 6.16. The maximum absolute atomic E-state index is 6.16. The van der Waals surface area contributed by atoms with Crippen molar-refractivity contribution >= 4 is 48.6 Å². The Bertz CT molecular complexity index is 1890. The molecule has 0 bridgehead atoms. The Labute approximate surface area is 284 Å². The van der Waals surface area contributed by atoms with Crippen molar-refractivity contribution in [3.8, 4) is 22.5 Å². The minimum absolute atomic E-state index is 0. The van der Waals surface area contributed by atoms with E-state index in [2.05, 4.69) is 106 Å². The third-order valence-electron chi connectivity index (χ3n) is 7.73. The molecule has 7 heteroatoms. The molecule has 0 aliphatic heterocycles. The van der Waals surface area contributed by atoms with Crippen LogP contribution in [0.2, 0.25) is 39.3 Å². The van der Waals surface area contributed by atoms with Gasteiger partial charge in [-0.1, -0.05) is 87.8 Å². The van der Waals surface area contributed by atoms with E-state index < -0.39 is 16.1 Å². The van der Waals surface area contributed by atoms with Gasteiger partial charge in [0.05, 0.1) is 21.7 Å². The van der Waals surface area contributed by atoms with E-state index in [1.165, 1.54) is 15.9 Å². The number of rotatable bonds is 6. The number of aryl methyl sites for hydroxylation is 1. The van der Waals surface area contributed by atoms with Gasteiger partial charge in [0, 0.05) is 43.6 Å². The van der Waals surface area contributed by atoms with Gasteiger partial charge in [0.15, 0.2) is 0 Å². The van der Waals surface area contributed by atoms with E-state index in [4.69, 9.17) is 9.40 Å². The molecule has 0 aliphatic carbocycles. The number of nitrogens with zero attached hydrogens (tertiary/aromatic N) is 3. The van der Waals surface area contributed by atoms with Crippen molar-refractivity contribution in [3.05, 3.63) is 103 Å². The second-order valence-electron chi connectivity index (χ2n) is 14.0. The standard InChI is InChI=1S/C24H27N2OSi.C14H16NSi.Ir/c1-15(2)12-17-13-21(25-14-22(17)28(4,5)6)20-9-7-8-18-19-11-10-16(3)26-24(19)27-23(18)20;1-16(2,3)13-9-10-14(15-11-13)12-7-5-4-6-8-12;/h7-8,10-11,13-15H,12H2,1-6H3;4-7,9-11H,1-3H3;/q2*-1;. The Kier molecular flexibility index (Phi) is 10.8. The summed E-state index contributed by atoms with van der Waals surface area (Å²) < 4.78 is 6.16. The summed E-state index contributed by atoms with van der Waals surface area (Å²) in [6.07, 6.45) is 5.17. The van der Waals surface area contributed by atoms with Crippen molar-refractivity contribution < 1.29 is 24.5 Å². The van der Waals surface area contributed by atoms with Crippen LogP contribution in [0.4, 0.5) is 0 Å². The van der Waals surface area contributed by atoms with Gasteiger partial charge >= 0.3 is 0 Å². The molecular weight excluding hydrogens is 763 g/mol. The number of benzene rings is 2. The van der Waals surface area contributed by atoms with Gasteiger partial charge in [0.2, 0.25) is 5.71 Å². The molecule has 0 fully saturated rings. The molecule has 0 unspecified atom stereocenters. The van der Waals surface area contributed by atoms with Crippen molar-refractivity contribution in [1.82, 2.24) is 15.0 Å². The van der Waals surface area contributed by atoms with Crippen LogP contribution in [0.3, 0.4) is 0 Å². The fourth-order valence-electron chi connectivity index (χ4n) is 5.37. The number of fused-ring (bicyclic) bond motifs is 3. The van der Waals surface area contributed by atoms with E-state index in [0.717, 1.165) is 51.0 Å². The first kappa shape index (κ1) is 34.6.